The molecule has 7 heteroatoms. The summed E-state index contributed by atoms with van der Waals surface area (Å²) in [6, 6.07) is 6.78. The number of nitrogens with zero attached hydrogens (tertiary/aromatic N) is 1. The van der Waals surface area contributed by atoms with E-state index < -0.39 is 9.84 Å². The molecule has 1 heterocycles. The highest BCUT2D eigenvalue weighted by Crippen LogP contribution is 2.13. The quantitative estimate of drug-likeness (QED) is 0.599. The Kier molecular flexibility index (Phi) is 4.06. The Labute approximate surface area is 112 Å². The van der Waals surface area contributed by atoms with Gasteiger partial charge in [0.25, 0.3) is 5.91 Å². The third-order valence-corrected chi connectivity index (χ3v) is 4.86. The number of nitrogen functional groups attached to an aromatic ring is 1. The van der Waals surface area contributed by atoms with Crippen LogP contribution in [-0.4, -0.2) is 43.8 Å². The third-order valence-electron chi connectivity index (χ3n) is 3.14. The maximum atomic E-state index is 12.2. The van der Waals surface area contributed by atoms with Gasteiger partial charge in [0.05, 0.1) is 11.5 Å². The number of amides is 1. The first-order valence-electron chi connectivity index (χ1n) is 6.08. The van der Waals surface area contributed by atoms with E-state index in [2.05, 4.69) is 5.43 Å². The molecule has 1 aromatic carbocycles. The highest BCUT2D eigenvalue weighted by atomic mass is 32.2. The maximum absolute atomic E-state index is 12.2. The lowest BCUT2D eigenvalue weighted by Gasteiger charge is -2.19. The number of nitrogens with two attached hydrogens (primary N) is 1. The summed E-state index contributed by atoms with van der Waals surface area (Å²) in [5.74, 6) is 5.32. The standard InChI is InChI=1S/C12H17N3O3S/c13-14-11-4-2-10(3-5-11)12(16)15-6-1-8-19(17,18)9-7-15/h2-5,14H,1,6-9,13H2. The summed E-state index contributed by atoms with van der Waals surface area (Å²) in [6.07, 6.45) is 0.497. The molecule has 0 spiro atoms. The van der Waals surface area contributed by atoms with Gasteiger partial charge in [0.2, 0.25) is 0 Å². The molecule has 1 aliphatic heterocycles. The molecule has 0 atom stereocenters. The highest BCUT2D eigenvalue weighted by Gasteiger charge is 2.23. The second kappa shape index (κ2) is 5.58. The van der Waals surface area contributed by atoms with E-state index in [4.69, 9.17) is 5.84 Å². The van der Waals surface area contributed by atoms with Crippen LogP contribution in [0.4, 0.5) is 5.69 Å². The average Bonchev–Trinajstić information content (AvgIpc) is 2.59. The third kappa shape index (κ3) is 3.45. The smallest absolute Gasteiger partial charge is 0.253 e. The summed E-state index contributed by atoms with van der Waals surface area (Å²) >= 11 is 0. The van der Waals surface area contributed by atoms with Crippen molar-refractivity contribution in [1.82, 2.24) is 4.90 Å². The number of anilines is 1. The molecule has 1 aromatic rings. The maximum Gasteiger partial charge on any atom is 0.253 e. The monoisotopic (exact) mass is 283 g/mol. The number of sulfone groups is 1. The van der Waals surface area contributed by atoms with Gasteiger partial charge in [0.1, 0.15) is 0 Å². The molecule has 19 heavy (non-hydrogen) atoms. The van der Waals surface area contributed by atoms with E-state index in [9.17, 15) is 13.2 Å². The summed E-state index contributed by atoms with van der Waals surface area (Å²) in [5.41, 5.74) is 3.75. The predicted molar refractivity (Wildman–Crippen MR) is 73.4 cm³/mol. The molecule has 0 aliphatic carbocycles. The zero-order chi connectivity index (χ0) is 13.9. The molecule has 6 nitrogen and oxygen atoms in total. The zero-order valence-corrected chi connectivity index (χ0v) is 11.3. The van der Waals surface area contributed by atoms with Crippen molar-refractivity contribution < 1.29 is 13.2 Å². The lowest BCUT2D eigenvalue weighted by atomic mass is 10.2. The number of nitrogens with one attached hydrogen (secondary N) is 1. The Morgan fingerprint density at radius 1 is 1.16 bits per heavy atom. The van der Waals surface area contributed by atoms with Crippen molar-refractivity contribution in [3.05, 3.63) is 29.8 Å². The van der Waals surface area contributed by atoms with Crippen LogP contribution in [-0.2, 0) is 9.84 Å². The number of hydrogen-bond donors (Lipinski definition) is 2. The SMILES string of the molecule is NNc1ccc(C(=O)N2CCCS(=O)(=O)CC2)cc1. The van der Waals surface area contributed by atoms with Crippen LogP contribution < -0.4 is 11.3 Å². The van der Waals surface area contributed by atoms with Crippen molar-refractivity contribution in [3.63, 3.8) is 0 Å². The van der Waals surface area contributed by atoms with Gasteiger partial charge in [-0.2, -0.15) is 0 Å². The minimum atomic E-state index is -3.00. The van der Waals surface area contributed by atoms with E-state index in [1.807, 2.05) is 0 Å². The molecule has 0 saturated carbocycles. The zero-order valence-electron chi connectivity index (χ0n) is 10.5. The van der Waals surface area contributed by atoms with Crippen LogP contribution in [0, 0.1) is 0 Å². The molecule has 1 fully saturated rings. The summed E-state index contributed by atoms with van der Waals surface area (Å²) in [5, 5.41) is 0. The number of hydrogen-bond acceptors (Lipinski definition) is 5. The molecule has 1 saturated heterocycles. The van der Waals surface area contributed by atoms with Gasteiger partial charge in [0.15, 0.2) is 9.84 Å². The van der Waals surface area contributed by atoms with E-state index in [0.717, 1.165) is 5.69 Å². The van der Waals surface area contributed by atoms with Crippen molar-refractivity contribution in [2.75, 3.05) is 30.0 Å². The highest BCUT2D eigenvalue weighted by molar-refractivity contribution is 7.91. The summed E-state index contributed by atoms with van der Waals surface area (Å²) in [6.45, 7) is 0.743. The van der Waals surface area contributed by atoms with Gasteiger partial charge in [-0.25, -0.2) is 8.42 Å². The fourth-order valence-corrected chi connectivity index (χ4v) is 3.30. The van der Waals surface area contributed by atoms with Gasteiger partial charge in [-0.05, 0) is 30.7 Å². The molecule has 0 bridgehead atoms. The number of rotatable bonds is 2. The second-order valence-corrected chi connectivity index (χ2v) is 6.82. The van der Waals surface area contributed by atoms with Crippen molar-refractivity contribution in [2.45, 2.75) is 6.42 Å². The fraction of sp³-hybridized carbons (Fsp3) is 0.417. The average molecular weight is 283 g/mol. The molecule has 3 N–H and O–H groups in total. The molecular formula is C12H17N3O3S. The summed E-state index contributed by atoms with van der Waals surface area (Å²) < 4.78 is 23.0. The second-order valence-electron chi connectivity index (χ2n) is 4.52. The Morgan fingerprint density at radius 2 is 1.84 bits per heavy atom. The molecule has 2 rings (SSSR count). The molecule has 1 aliphatic rings. The first-order chi connectivity index (χ1) is 9.02. The number of hydrazine groups is 1. The Morgan fingerprint density at radius 3 is 2.47 bits per heavy atom. The van der Waals surface area contributed by atoms with Gasteiger partial charge >= 0.3 is 0 Å². The first kappa shape index (κ1) is 13.8. The van der Waals surface area contributed by atoms with Gasteiger partial charge in [-0.15, -0.1) is 0 Å². The van der Waals surface area contributed by atoms with E-state index in [1.54, 1.807) is 29.2 Å². The van der Waals surface area contributed by atoms with Crippen molar-refractivity contribution in [1.29, 1.82) is 0 Å². The lowest BCUT2D eigenvalue weighted by molar-refractivity contribution is 0.0768. The number of benzene rings is 1. The molecule has 104 valence electrons. The molecule has 0 aromatic heterocycles. The Bertz CT molecular complexity index is 554. The number of carbonyl (C=O) groups excluding carboxylic acids is 1. The topological polar surface area (TPSA) is 92.5 Å². The van der Waals surface area contributed by atoms with Gasteiger partial charge in [0, 0.05) is 24.3 Å². The van der Waals surface area contributed by atoms with Gasteiger partial charge in [-0.3, -0.25) is 10.6 Å². The van der Waals surface area contributed by atoms with E-state index >= 15 is 0 Å². The van der Waals surface area contributed by atoms with E-state index in [1.165, 1.54) is 0 Å². The Hall–Kier alpha value is -1.60. The van der Waals surface area contributed by atoms with Crippen LogP contribution in [0.3, 0.4) is 0 Å². The summed E-state index contributed by atoms with van der Waals surface area (Å²) in [7, 11) is -3.00. The lowest BCUT2D eigenvalue weighted by Crippen LogP contribution is -2.33. The van der Waals surface area contributed by atoms with E-state index in [-0.39, 0.29) is 24.0 Å². The van der Waals surface area contributed by atoms with Crippen molar-refractivity contribution in [2.24, 2.45) is 5.84 Å². The van der Waals surface area contributed by atoms with E-state index in [0.29, 0.717) is 18.5 Å². The van der Waals surface area contributed by atoms with Crippen molar-refractivity contribution >= 4 is 21.4 Å². The van der Waals surface area contributed by atoms with Crippen LogP contribution in [0.2, 0.25) is 0 Å². The fourth-order valence-electron chi connectivity index (χ4n) is 2.03. The van der Waals surface area contributed by atoms with Crippen LogP contribution in [0.25, 0.3) is 0 Å². The largest absolute Gasteiger partial charge is 0.338 e. The minimum absolute atomic E-state index is 0.0428. The molecule has 0 radical (unpaired) electrons. The predicted octanol–water partition coefficient (Wildman–Crippen LogP) is 0.233. The molecule has 1 amide bonds. The van der Waals surface area contributed by atoms with Gasteiger partial charge < -0.3 is 10.3 Å². The normalized spacial score (nSPS) is 18.7. The first-order valence-corrected chi connectivity index (χ1v) is 7.90. The van der Waals surface area contributed by atoms with Crippen LogP contribution in [0.5, 0.6) is 0 Å². The van der Waals surface area contributed by atoms with Gasteiger partial charge in [-0.1, -0.05) is 0 Å². The Balaban J connectivity index is 2.10. The minimum Gasteiger partial charge on any atom is -0.338 e. The molecular weight excluding hydrogens is 266 g/mol. The summed E-state index contributed by atoms with van der Waals surface area (Å²) in [4.78, 5) is 13.8. The van der Waals surface area contributed by atoms with Crippen LogP contribution in [0.15, 0.2) is 24.3 Å². The van der Waals surface area contributed by atoms with Crippen molar-refractivity contribution in [3.8, 4) is 0 Å². The number of carbonyl (C=O) groups is 1. The van der Waals surface area contributed by atoms with Crippen LogP contribution >= 0.6 is 0 Å². The van der Waals surface area contributed by atoms with Crippen LogP contribution in [0.1, 0.15) is 16.8 Å². The molecule has 0 unspecified atom stereocenters.